The molecule has 1 N–H and O–H groups in total. The predicted octanol–water partition coefficient (Wildman–Crippen LogP) is 3.28. The van der Waals surface area contributed by atoms with E-state index < -0.39 is 0 Å². The van der Waals surface area contributed by atoms with Gasteiger partial charge in [0.2, 0.25) is 0 Å². The van der Waals surface area contributed by atoms with Gasteiger partial charge in [0.1, 0.15) is 4.60 Å². The number of nitrogens with zero attached hydrogens (tertiary/aromatic N) is 1. The molecule has 0 saturated carbocycles. The fraction of sp³-hybridized carbons (Fsp3) is 0.100. The second-order valence-corrected chi connectivity index (χ2v) is 3.71. The summed E-state index contributed by atoms with van der Waals surface area (Å²) in [5, 5.41) is 0. The lowest BCUT2D eigenvalue weighted by Gasteiger charge is -1.91. The molecule has 0 saturated heterocycles. The Morgan fingerprint density at radius 2 is 2.31 bits per heavy atom. The van der Waals surface area contributed by atoms with Gasteiger partial charge in [0.05, 0.1) is 11.0 Å². The topological polar surface area (TPSA) is 28.7 Å². The Morgan fingerprint density at radius 1 is 1.54 bits per heavy atom. The zero-order valence-electron chi connectivity index (χ0n) is 7.26. The van der Waals surface area contributed by atoms with E-state index in [2.05, 4.69) is 32.5 Å². The van der Waals surface area contributed by atoms with Gasteiger partial charge in [-0.3, -0.25) is 0 Å². The quantitative estimate of drug-likeness (QED) is 0.757. The molecule has 3 heteroatoms. The summed E-state index contributed by atoms with van der Waals surface area (Å²) >= 11 is 3.35. The fourth-order valence-corrected chi connectivity index (χ4v) is 1.70. The Morgan fingerprint density at radius 3 is 3.00 bits per heavy atom. The maximum Gasteiger partial charge on any atom is 0.106 e. The van der Waals surface area contributed by atoms with Crippen molar-refractivity contribution >= 4 is 33.0 Å². The summed E-state index contributed by atoms with van der Waals surface area (Å²) in [6.07, 6.45) is 1.81. The van der Waals surface area contributed by atoms with E-state index in [1.165, 1.54) is 0 Å². The van der Waals surface area contributed by atoms with Crippen molar-refractivity contribution < 1.29 is 0 Å². The van der Waals surface area contributed by atoms with E-state index >= 15 is 0 Å². The number of hydrogen-bond acceptors (Lipinski definition) is 1. The molecule has 66 valence electrons. The molecule has 2 aromatic rings. The Kier molecular flexibility index (Phi) is 1.96. The number of halogens is 1. The van der Waals surface area contributed by atoms with Gasteiger partial charge in [-0.1, -0.05) is 6.58 Å². The summed E-state index contributed by atoms with van der Waals surface area (Å²) in [6.45, 7) is 5.78. The molecule has 0 spiro atoms. The molecule has 2 aromatic heterocycles. The van der Waals surface area contributed by atoms with Gasteiger partial charge in [0, 0.05) is 11.3 Å². The first kappa shape index (κ1) is 8.51. The Bertz CT molecular complexity index is 471. The van der Waals surface area contributed by atoms with Crippen LogP contribution in [0.1, 0.15) is 11.3 Å². The van der Waals surface area contributed by atoms with Crippen LogP contribution < -0.4 is 0 Å². The van der Waals surface area contributed by atoms with E-state index in [4.69, 9.17) is 0 Å². The van der Waals surface area contributed by atoms with Gasteiger partial charge in [0.15, 0.2) is 0 Å². The van der Waals surface area contributed by atoms with Crippen LogP contribution in [0.15, 0.2) is 23.3 Å². The average Bonchev–Trinajstić information content (AvgIpc) is 2.44. The van der Waals surface area contributed by atoms with Crippen LogP contribution in [0.25, 0.3) is 17.1 Å². The highest BCUT2D eigenvalue weighted by atomic mass is 79.9. The summed E-state index contributed by atoms with van der Waals surface area (Å²) in [6, 6.07) is 3.93. The molecule has 0 aliphatic rings. The van der Waals surface area contributed by atoms with Crippen molar-refractivity contribution in [1.82, 2.24) is 9.97 Å². The van der Waals surface area contributed by atoms with E-state index in [0.29, 0.717) is 0 Å². The van der Waals surface area contributed by atoms with Crippen molar-refractivity contribution in [2.45, 2.75) is 6.92 Å². The van der Waals surface area contributed by atoms with Crippen LogP contribution in [0.2, 0.25) is 0 Å². The third-order valence-electron chi connectivity index (χ3n) is 2.09. The first-order valence-electron chi connectivity index (χ1n) is 3.99. The normalized spacial score (nSPS) is 10.6. The standard InChI is InChI=1S/C10H9BrN2/c1-3-7-6(2)10-8(12-7)4-5-9(11)13-10/h3-5,12H,1H2,2H3. The van der Waals surface area contributed by atoms with Crippen LogP contribution in [-0.4, -0.2) is 9.97 Å². The molecule has 13 heavy (non-hydrogen) atoms. The van der Waals surface area contributed by atoms with Crippen LogP contribution in [-0.2, 0) is 0 Å². The summed E-state index contributed by atoms with van der Waals surface area (Å²) in [7, 11) is 0. The molecule has 0 fully saturated rings. The predicted molar refractivity (Wildman–Crippen MR) is 58.6 cm³/mol. The lowest BCUT2D eigenvalue weighted by molar-refractivity contribution is 1.34. The zero-order valence-corrected chi connectivity index (χ0v) is 8.85. The number of H-pyrrole nitrogens is 1. The van der Waals surface area contributed by atoms with E-state index in [1.807, 2.05) is 25.1 Å². The highest BCUT2D eigenvalue weighted by Gasteiger charge is 2.05. The molecule has 2 rings (SSSR count). The Labute approximate surface area is 84.8 Å². The molecule has 0 aliphatic heterocycles. The van der Waals surface area contributed by atoms with Gasteiger partial charge in [-0.2, -0.15) is 0 Å². The average molecular weight is 237 g/mol. The fourth-order valence-electron chi connectivity index (χ4n) is 1.39. The largest absolute Gasteiger partial charge is 0.353 e. The molecular weight excluding hydrogens is 228 g/mol. The SMILES string of the molecule is C=Cc1[nH]c2ccc(Br)nc2c1C. The molecule has 0 radical (unpaired) electrons. The van der Waals surface area contributed by atoms with Crippen molar-refractivity contribution in [3.8, 4) is 0 Å². The second-order valence-electron chi connectivity index (χ2n) is 2.90. The van der Waals surface area contributed by atoms with Gasteiger partial charge in [-0.15, -0.1) is 0 Å². The van der Waals surface area contributed by atoms with E-state index in [9.17, 15) is 0 Å². The Balaban J connectivity index is 2.84. The van der Waals surface area contributed by atoms with Crippen molar-refractivity contribution in [2.24, 2.45) is 0 Å². The number of pyridine rings is 1. The lowest BCUT2D eigenvalue weighted by Crippen LogP contribution is -1.77. The molecule has 0 aliphatic carbocycles. The molecular formula is C10H9BrN2. The molecule has 0 amide bonds. The van der Waals surface area contributed by atoms with Crippen LogP contribution in [0, 0.1) is 6.92 Å². The molecule has 2 heterocycles. The van der Waals surface area contributed by atoms with Gasteiger partial charge >= 0.3 is 0 Å². The summed E-state index contributed by atoms with van der Waals surface area (Å²) in [5.74, 6) is 0. The third-order valence-corrected chi connectivity index (χ3v) is 2.54. The van der Waals surface area contributed by atoms with Crippen LogP contribution in [0.4, 0.5) is 0 Å². The van der Waals surface area contributed by atoms with Gasteiger partial charge in [-0.05, 0) is 41.1 Å². The van der Waals surface area contributed by atoms with Gasteiger partial charge in [0.25, 0.3) is 0 Å². The minimum absolute atomic E-state index is 0.859. The van der Waals surface area contributed by atoms with E-state index in [0.717, 1.165) is 26.9 Å². The Hall–Kier alpha value is -1.09. The molecule has 2 nitrogen and oxygen atoms in total. The number of fused-ring (bicyclic) bond motifs is 1. The monoisotopic (exact) mass is 236 g/mol. The zero-order chi connectivity index (χ0) is 9.42. The van der Waals surface area contributed by atoms with Crippen molar-refractivity contribution in [1.29, 1.82) is 0 Å². The molecule has 0 aromatic carbocycles. The van der Waals surface area contributed by atoms with Crippen LogP contribution in [0.5, 0.6) is 0 Å². The summed E-state index contributed by atoms with van der Waals surface area (Å²) in [5.41, 5.74) is 4.24. The molecule has 0 unspecified atom stereocenters. The lowest BCUT2D eigenvalue weighted by atomic mass is 10.2. The number of aromatic nitrogens is 2. The molecule has 0 bridgehead atoms. The minimum Gasteiger partial charge on any atom is -0.353 e. The third kappa shape index (κ3) is 1.29. The maximum atomic E-state index is 4.38. The highest BCUT2D eigenvalue weighted by Crippen LogP contribution is 2.22. The van der Waals surface area contributed by atoms with Crippen LogP contribution >= 0.6 is 15.9 Å². The smallest absolute Gasteiger partial charge is 0.106 e. The minimum atomic E-state index is 0.859. The maximum absolute atomic E-state index is 4.38. The van der Waals surface area contributed by atoms with Crippen molar-refractivity contribution in [2.75, 3.05) is 0 Å². The molecule has 0 atom stereocenters. The second kappa shape index (κ2) is 3.00. The van der Waals surface area contributed by atoms with Crippen LogP contribution in [0.3, 0.4) is 0 Å². The van der Waals surface area contributed by atoms with Gasteiger partial charge in [-0.25, -0.2) is 4.98 Å². The van der Waals surface area contributed by atoms with Crippen molar-refractivity contribution in [3.05, 3.63) is 34.6 Å². The van der Waals surface area contributed by atoms with Crippen molar-refractivity contribution in [3.63, 3.8) is 0 Å². The van der Waals surface area contributed by atoms with Gasteiger partial charge < -0.3 is 4.98 Å². The number of nitrogens with one attached hydrogen (secondary N) is 1. The van der Waals surface area contributed by atoms with E-state index in [-0.39, 0.29) is 0 Å². The highest BCUT2D eigenvalue weighted by molar-refractivity contribution is 9.10. The number of aromatic amines is 1. The summed E-state index contributed by atoms with van der Waals surface area (Å²) in [4.78, 5) is 7.62. The van der Waals surface area contributed by atoms with E-state index in [1.54, 1.807) is 0 Å². The number of aryl methyl sites for hydroxylation is 1. The first-order valence-corrected chi connectivity index (χ1v) is 4.79. The number of hydrogen-bond donors (Lipinski definition) is 1. The summed E-state index contributed by atoms with van der Waals surface area (Å²) < 4.78 is 0.859. The number of rotatable bonds is 1. The first-order chi connectivity index (χ1) is 6.22.